The second kappa shape index (κ2) is 16.6. The van der Waals surface area contributed by atoms with Crippen LogP contribution in [0.5, 0.6) is 0 Å². The maximum Gasteiger partial charge on any atom is 0.317 e. The van der Waals surface area contributed by atoms with Crippen LogP contribution >= 0.6 is 0 Å². The monoisotopic (exact) mass is 605 g/mol. The Balaban J connectivity index is 0.00000961. The average molecular weight is 605 g/mol. The van der Waals surface area contributed by atoms with Crippen molar-refractivity contribution in [1.82, 2.24) is 24.9 Å². The van der Waals surface area contributed by atoms with Crippen LogP contribution in [0, 0.1) is 39.9 Å². The molecule has 1 aliphatic heterocycles. The second-order valence-corrected chi connectivity index (χ2v) is 7.53. The Kier molecular flexibility index (Phi) is 16.1. The van der Waals surface area contributed by atoms with E-state index in [0.717, 1.165) is 0 Å². The third-order valence-corrected chi connectivity index (χ3v) is 4.74. The van der Waals surface area contributed by atoms with E-state index in [0.29, 0.717) is 52.4 Å². The molecule has 1 heterocycles. The van der Waals surface area contributed by atoms with Crippen LogP contribution in [-0.2, 0) is 19.2 Å². The van der Waals surface area contributed by atoms with Gasteiger partial charge in [0.2, 0.25) is 5.91 Å². The normalized spacial score (nSPS) is 19.1. The van der Waals surface area contributed by atoms with Crippen molar-refractivity contribution in [2.24, 2.45) is 0 Å². The van der Waals surface area contributed by atoms with E-state index in [1.54, 1.807) is 19.6 Å². The topological polar surface area (TPSA) is 174 Å². The maximum atomic E-state index is 12.1. The number of carboxylic acids is 3. The van der Waals surface area contributed by atoms with Gasteiger partial charge in [0, 0.05) is 92.3 Å². The largest absolute Gasteiger partial charge is 0.480 e. The van der Waals surface area contributed by atoms with Crippen LogP contribution in [0.25, 0.3) is 0 Å². The molecule has 0 aromatic heterocycles. The number of carboxylic acid groups (broad SMARTS) is 3. The van der Waals surface area contributed by atoms with Crippen molar-refractivity contribution in [2.45, 2.75) is 13.2 Å². The second-order valence-electron chi connectivity index (χ2n) is 7.53. The first-order valence-corrected chi connectivity index (χ1v) is 10.1. The summed E-state index contributed by atoms with van der Waals surface area (Å²) < 4.78 is 0. The summed E-state index contributed by atoms with van der Waals surface area (Å²) >= 11 is 0. The predicted molar refractivity (Wildman–Crippen MR) is 108 cm³/mol. The minimum absolute atomic E-state index is 0. The van der Waals surface area contributed by atoms with E-state index in [1.165, 1.54) is 6.92 Å². The van der Waals surface area contributed by atoms with Crippen LogP contribution in [0.3, 0.4) is 0 Å². The number of carbonyl (C=O) groups is 4. The fourth-order valence-corrected chi connectivity index (χ4v) is 3.27. The molecule has 0 bridgehead atoms. The Labute approximate surface area is 219 Å². The third-order valence-electron chi connectivity index (χ3n) is 4.74. The first-order valence-electron chi connectivity index (χ1n) is 10.1. The number of hydrogen-bond donors (Lipinski definition) is 5. The van der Waals surface area contributed by atoms with Gasteiger partial charge in [-0.1, -0.05) is 0 Å². The fraction of sp³-hybridized carbons (Fsp3) is 0.778. The standard InChI is InChI=1S/C18H33N5O8.Gd/c1-14(24)19-15(25)10-20-2-4-21(11-16(26)27)6-8-23(13-18(30)31)9-7-22(5-3-20)12-17(28)29;/h14,24H,2-13H2,1H3,(H,19,25)(H,26,27)(H,28,29)(H,30,31);. The molecule has 1 fully saturated rings. The third kappa shape index (κ3) is 15.0. The van der Waals surface area contributed by atoms with Gasteiger partial charge in [0.05, 0.1) is 26.2 Å². The molecular weight excluding hydrogens is 571 g/mol. The quantitative estimate of drug-likeness (QED) is 0.168. The molecule has 5 N–H and O–H groups in total. The summed E-state index contributed by atoms with van der Waals surface area (Å²) in [5.41, 5.74) is 0. The van der Waals surface area contributed by atoms with Crippen LogP contribution in [-0.4, -0.2) is 149 Å². The SMILES string of the molecule is CC(O)NC(=O)CN1CCN(CC(=O)O)CCN(CC(=O)O)CCN(CC(=O)O)CC1.[Gd]. The van der Waals surface area contributed by atoms with Crippen LogP contribution in [0.1, 0.15) is 6.92 Å². The van der Waals surface area contributed by atoms with Crippen LogP contribution < -0.4 is 5.32 Å². The molecule has 1 aliphatic rings. The zero-order valence-electron chi connectivity index (χ0n) is 18.1. The number of carbonyl (C=O) groups excluding carboxylic acids is 1. The molecule has 1 atom stereocenters. The molecule has 14 heteroatoms. The molecule has 1 unspecified atom stereocenters. The molecule has 0 aliphatic carbocycles. The summed E-state index contributed by atoms with van der Waals surface area (Å²) in [6.45, 7) is 3.30. The molecule has 0 aromatic rings. The van der Waals surface area contributed by atoms with Gasteiger partial charge in [0.25, 0.3) is 0 Å². The minimum atomic E-state index is -1.02. The Morgan fingerprint density at radius 2 is 0.906 bits per heavy atom. The molecule has 0 saturated carbocycles. The van der Waals surface area contributed by atoms with E-state index in [9.17, 15) is 34.5 Å². The Bertz CT molecular complexity index is 592. The van der Waals surface area contributed by atoms with Crippen LogP contribution in [0.4, 0.5) is 0 Å². The van der Waals surface area contributed by atoms with Crippen molar-refractivity contribution in [2.75, 3.05) is 78.5 Å². The van der Waals surface area contributed by atoms with Gasteiger partial charge < -0.3 is 25.7 Å². The fourth-order valence-electron chi connectivity index (χ4n) is 3.27. The van der Waals surface area contributed by atoms with Gasteiger partial charge in [-0.2, -0.15) is 0 Å². The van der Waals surface area contributed by atoms with Crippen molar-refractivity contribution in [3.8, 4) is 0 Å². The average Bonchev–Trinajstić information content (AvgIpc) is 2.62. The van der Waals surface area contributed by atoms with Gasteiger partial charge in [0.15, 0.2) is 0 Å². The molecule has 0 radical (unpaired) electrons. The summed E-state index contributed by atoms with van der Waals surface area (Å²) in [5.74, 6) is -3.44. The Morgan fingerprint density at radius 3 is 1.12 bits per heavy atom. The first-order chi connectivity index (χ1) is 14.5. The zero-order valence-corrected chi connectivity index (χ0v) is 20.4. The van der Waals surface area contributed by atoms with Gasteiger partial charge in [-0.05, 0) is 6.92 Å². The predicted octanol–water partition coefficient (Wildman–Crippen LogP) is -3.08. The number of aliphatic hydroxyl groups is 1. The maximum absolute atomic E-state index is 12.1. The summed E-state index contributed by atoms with van der Waals surface area (Å²) in [5, 5.41) is 39.2. The van der Waals surface area contributed by atoms with E-state index < -0.39 is 30.0 Å². The van der Waals surface area contributed by atoms with E-state index in [1.807, 2.05) is 0 Å². The van der Waals surface area contributed by atoms with Crippen molar-refractivity contribution < 1.29 is 79.5 Å². The number of aliphatic hydroxyl groups excluding tert-OH is 1. The van der Waals surface area contributed by atoms with Gasteiger partial charge >= 0.3 is 17.9 Å². The summed E-state index contributed by atoms with van der Waals surface area (Å²) in [6.07, 6.45) is -1.01. The zero-order chi connectivity index (χ0) is 23.4. The number of aliphatic carboxylic acids is 3. The molecule has 1 saturated heterocycles. The molecule has 1 rings (SSSR count). The number of hydrogen-bond acceptors (Lipinski definition) is 9. The number of rotatable bonds is 9. The molecule has 0 spiro atoms. The van der Waals surface area contributed by atoms with Crippen molar-refractivity contribution in [3.63, 3.8) is 0 Å². The van der Waals surface area contributed by atoms with Gasteiger partial charge in [-0.3, -0.25) is 38.8 Å². The summed E-state index contributed by atoms with van der Waals surface area (Å²) in [6, 6.07) is 0. The molecule has 0 aromatic carbocycles. The van der Waals surface area contributed by atoms with Gasteiger partial charge in [0.1, 0.15) is 6.23 Å². The molecule has 1 amide bonds. The summed E-state index contributed by atoms with van der Waals surface area (Å²) in [7, 11) is 0. The van der Waals surface area contributed by atoms with Gasteiger partial charge in [-0.25, -0.2) is 0 Å². The van der Waals surface area contributed by atoms with Crippen LogP contribution in [0.2, 0.25) is 0 Å². The number of amides is 1. The van der Waals surface area contributed by atoms with Gasteiger partial charge in [-0.15, -0.1) is 0 Å². The Hall–Kier alpha value is -0.995. The number of nitrogens with one attached hydrogen (secondary N) is 1. The van der Waals surface area contributed by atoms with E-state index in [2.05, 4.69) is 5.32 Å². The van der Waals surface area contributed by atoms with Crippen molar-refractivity contribution in [1.29, 1.82) is 0 Å². The molecular formula is C18H33GdN5O8. The van der Waals surface area contributed by atoms with E-state index >= 15 is 0 Å². The minimum Gasteiger partial charge on any atom is -0.480 e. The Morgan fingerprint density at radius 1 is 0.656 bits per heavy atom. The molecule has 186 valence electrons. The van der Waals surface area contributed by atoms with Crippen molar-refractivity contribution >= 4 is 23.8 Å². The number of nitrogens with zero attached hydrogens (tertiary/aromatic N) is 4. The smallest absolute Gasteiger partial charge is 0.317 e. The van der Waals surface area contributed by atoms with Crippen molar-refractivity contribution in [3.05, 3.63) is 0 Å². The summed E-state index contributed by atoms with van der Waals surface area (Å²) in [4.78, 5) is 52.4. The molecule has 13 nitrogen and oxygen atoms in total. The van der Waals surface area contributed by atoms with E-state index in [-0.39, 0.29) is 66.1 Å². The van der Waals surface area contributed by atoms with Crippen LogP contribution in [0.15, 0.2) is 0 Å². The first kappa shape index (κ1) is 31.0. The van der Waals surface area contributed by atoms with E-state index in [4.69, 9.17) is 5.11 Å². The molecule has 32 heavy (non-hydrogen) atoms.